The predicted molar refractivity (Wildman–Crippen MR) is 36.7 cm³/mol. The zero-order valence-corrected chi connectivity index (χ0v) is 6.43. The average molecular weight is 164 g/mol. The van der Waals surface area contributed by atoms with E-state index in [-0.39, 0.29) is 5.94 Å². The number of ether oxygens (including phenoxy) is 1. The van der Waals surface area contributed by atoms with Crippen LogP contribution in [0.3, 0.4) is 0 Å². The van der Waals surface area contributed by atoms with Gasteiger partial charge >= 0.3 is 0 Å². The van der Waals surface area contributed by atoms with Crippen LogP contribution >= 0.6 is 0 Å². The van der Waals surface area contributed by atoms with Crippen molar-refractivity contribution < 1.29 is 13.2 Å². The number of sulfonamides is 1. The molecule has 5 heteroatoms. The van der Waals surface area contributed by atoms with Crippen molar-refractivity contribution >= 4 is 10.0 Å². The fraction of sp³-hybridized carbons (Fsp3) is 0.800. The summed E-state index contributed by atoms with van der Waals surface area (Å²) in [6.07, 6.45) is 0. The molecule has 0 atom stereocenters. The van der Waals surface area contributed by atoms with Gasteiger partial charge in [-0.25, -0.2) is 8.42 Å². The van der Waals surface area contributed by atoms with Crippen molar-refractivity contribution in [3.63, 3.8) is 0 Å². The van der Waals surface area contributed by atoms with E-state index >= 15 is 0 Å². The number of hydrogen-bond acceptors (Lipinski definition) is 3. The fourth-order valence-corrected chi connectivity index (χ4v) is 1.90. The van der Waals surface area contributed by atoms with Gasteiger partial charge in [0.15, 0.2) is 5.94 Å². The van der Waals surface area contributed by atoms with E-state index in [1.54, 1.807) is 0 Å². The summed E-state index contributed by atoms with van der Waals surface area (Å²) >= 11 is 0. The first-order valence-electron chi connectivity index (χ1n) is 3.01. The molecule has 0 saturated carbocycles. The van der Waals surface area contributed by atoms with E-state index in [2.05, 4.69) is 6.92 Å². The van der Waals surface area contributed by atoms with Gasteiger partial charge in [-0.3, -0.25) is 0 Å². The highest BCUT2D eigenvalue weighted by atomic mass is 32.2. The van der Waals surface area contributed by atoms with Crippen molar-refractivity contribution in [1.29, 1.82) is 0 Å². The van der Waals surface area contributed by atoms with Crippen LogP contribution in [0, 0.1) is 6.92 Å². The second-order valence-electron chi connectivity index (χ2n) is 2.04. The maximum atomic E-state index is 11.0. The summed E-state index contributed by atoms with van der Waals surface area (Å²) in [6, 6.07) is 0. The summed E-state index contributed by atoms with van der Waals surface area (Å²) in [4.78, 5) is 0. The lowest BCUT2D eigenvalue weighted by Crippen LogP contribution is -2.40. The first-order chi connectivity index (χ1) is 4.67. The molecular formula is C5H10NO3S. The Bertz CT molecular complexity index is 199. The van der Waals surface area contributed by atoms with E-state index in [4.69, 9.17) is 4.74 Å². The second kappa shape index (κ2) is 2.86. The molecular weight excluding hydrogens is 154 g/mol. The summed E-state index contributed by atoms with van der Waals surface area (Å²) in [7, 11) is -3.12. The van der Waals surface area contributed by atoms with E-state index < -0.39 is 10.0 Å². The summed E-state index contributed by atoms with van der Waals surface area (Å²) < 4.78 is 28.0. The SMILES string of the molecule is [CH2]CN1CCOCS1(=O)=O. The third-order valence-electron chi connectivity index (χ3n) is 1.36. The molecule has 10 heavy (non-hydrogen) atoms. The molecule has 0 N–H and O–H groups in total. The van der Waals surface area contributed by atoms with Crippen LogP contribution in [0.25, 0.3) is 0 Å². The molecule has 0 amide bonds. The molecule has 0 spiro atoms. The van der Waals surface area contributed by atoms with Crippen molar-refractivity contribution in [2.45, 2.75) is 0 Å². The van der Waals surface area contributed by atoms with Gasteiger partial charge in [0.2, 0.25) is 10.0 Å². The zero-order chi connectivity index (χ0) is 7.61. The molecule has 1 radical (unpaired) electrons. The van der Waals surface area contributed by atoms with E-state index in [1.165, 1.54) is 4.31 Å². The molecule has 1 aliphatic heterocycles. The van der Waals surface area contributed by atoms with Crippen molar-refractivity contribution in [1.82, 2.24) is 4.31 Å². The molecule has 1 fully saturated rings. The second-order valence-corrected chi connectivity index (χ2v) is 3.95. The minimum Gasteiger partial charge on any atom is -0.363 e. The van der Waals surface area contributed by atoms with E-state index in [0.29, 0.717) is 19.7 Å². The molecule has 1 heterocycles. The molecule has 0 unspecified atom stereocenters. The van der Waals surface area contributed by atoms with Crippen LogP contribution in [0.2, 0.25) is 0 Å². The standard InChI is InChI=1S/C5H10NO3S/c1-2-6-3-4-9-5-10(6,7)8/h1-5H2. The van der Waals surface area contributed by atoms with Crippen LogP contribution < -0.4 is 0 Å². The summed E-state index contributed by atoms with van der Waals surface area (Å²) in [5.74, 6) is -0.192. The van der Waals surface area contributed by atoms with Gasteiger partial charge in [-0.05, 0) is 6.92 Å². The highest BCUT2D eigenvalue weighted by Crippen LogP contribution is 2.05. The van der Waals surface area contributed by atoms with Gasteiger partial charge < -0.3 is 4.74 Å². The number of hydrogen-bond donors (Lipinski definition) is 0. The van der Waals surface area contributed by atoms with Gasteiger partial charge in [0, 0.05) is 13.1 Å². The highest BCUT2D eigenvalue weighted by Gasteiger charge is 2.24. The Morgan fingerprint density at radius 3 is 2.70 bits per heavy atom. The fourth-order valence-electron chi connectivity index (χ4n) is 0.795. The van der Waals surface area contributed by atoms with Crippen LogP contribution in [-0.2, 0) is 14.8 Å². The van der Waals surface area contributed by atoms with Gasteiger partial charge in [-0.1, -0.05) is 0 Å². The van der Waals surface area contributed by atoms with E-state index in [0.717, 1.165) is 0 Å². The monoisotopic (exact) mass is 164 g/mol. The summed E-state index contributed by atoms with van der Waals surface area (Å²) in [6.45, 7) is 4.71. The van der Waals surface area contributed by atoms with Crippen molar-refractivity contribution in [2.24, 2.45) is 0 Å². The summed E-state index contributed by atoms with van der Waals surface area (Å²) in [5, 5.41) is 0. The first kappa shape index (κ1) is 7.97. The Hall–Kier alpha value is -0.130. The normalized spacial score (nSPS) is 26.5. The lowest BCUT2D eigenvalue weighted by molar-refractivity contribution is 0.136. The van der Waals surface area contributed by atoms with E-state index in [1.807, 2.05) is 0 Å². The van der Waals surface area contributed by atoms with Gasteiger partial charge in [0.05, 0.1) is 6.61 Å². The molecule has 1 aliphatic rings. The lowest BCUT2D eigenvalue weighted by atomic mass is 10.6. The quantitative estimate of drug-likeness (QED) is 0.522. The molecule has 4 nitrogen and oxygen atoms in total. The molecule has 0 aliphatic carbocycles. The first-order valence-corrected chi connectivity index (χ1v) is 4.62. The molecule has 1 saturated heterocycles. The molecule has 59 valence electrons. The smallest absolute Gasteiger partial charge is 0.238 e. The molecule has 0 bridgehead atoms. The highest BCUT2D eigenvalue weighted by molar-refractivity contribution is 7.88. The Kier molecular flexibility index (Phi) is 2.28. The van der Waals surface area contributed by atoms with Crippen molar-refractivity contribution in [2.75, 3.05) is 25.6 Å². The third-order valence-corrected chi connectivity index (χ3v) is 2.98. The minimum absolute atomic E-state index is 0.192. The Labute approximate surface area is 60.8 Å². The minimum atomic E-state index is -3.12. The molecule has 1 rings (SSSR count). The molecule has 0 aromatic rings. The van der Waals surface area contributed by atoms with Crippen LogP contribution in [0.5, 0.6) is 0 Å². The van der Waals surface area contributed by atoms with Crippen LogP contribution in [0.15, 0.2) is 0 Å². The third kappa shape index (κ3) is 1.47. The topological polar surface area (TPSA) is 46.6 Å². The van der Waals surface area contributed by atoms with E-state index in [9.17, 15) is 8.42 Å². The van der Waals surface area contributed by atoms with Gasteiger partial charge in [0.1, 0.15) is 0 Å². The van der Waals surface area contributed by atoms with Gasteiger partial charge in [0.25, 0.3) is 0 Å². The van der Waals surface area contributed by atoms with Crippen LogP contribution in [-0.4, -0.2) is 38.4 Å². The van der Waals surface area contributed by atoms with Crippen molar-refractivity contribution in [3.05, 3.63) is 6.92 Å². The molecule has 0 aromatic heterocycles. The Morgan fingerprint density at radius 1 is 1.60 bits per heavy atom. The lowest BCUT2D eigenvalue weighted by Gasteiger charge is -2.24. The average Bonchev–Trinajstić information content (AvgIpc) is 1.87. The number of nitrogens with zero attached hydrogens (tertiary/aromatic N) is 1. The molecule has 0 aromatic carbocycles. The Balaban J connectivity index is 2.70. The predicted octanol–water partition coefficient (Wildman–Crippen LogP) is -0.560. The number of rotatable bonds is 1. The van der Waals surface area contributed by atoms with Gasteiger partial charge in [-0.2, -0.15) is 4.31 Å². The van der Waals surface area contributed by atoms with Gasteiger partial charge in [-0.15, -0.1) is 0 Å². The zero-order valence-electron chi connectivity index (χ0n) is 5.62. The maximum absolute atomic E-state index is 11.0. The summed E-state index contributed by atoms with van der Waals surface area (Å²) in [5.41, 5.74) is 0. The Morgan fingerprint density at radius 2 is 2.30 bits per heavy atom. The van der Waals surface area contributed by atoms with Crippen molar-refractivity contribution in [3.8, 4) is 0 Å². The van der Waals surface area contributed by atoms with Crippen LogP contribution in [0.1, 0.15) is 0 Å². The maximum Gasteiger partial charge on any atom is 0.238 e. The van der Waals surface area contributed by atoms with Crippen LogP contribution in [0.4, 0.5) is 0 Å². The largest absolute Gasteiger partial charge is 0.363 e.